The minimum absolute atomic E-state index is 0.137. The molecule has 0 aliphatic carbocycles. The van der Waals surface area contributed by atoms with Crippen LogP contribution >= 0.6 is 11.8 Å². The molecule has 0 aliphatic heterocycles. The molecule has 1 aromatic rings. The molecule has 0 spiro atoms. The van der Waals surface area contributed by atoms with Crippen LogP contribution in [-0.4, -0.2) is 29.1 Å². The van der Waals surface area contributed by atoms with Crippen molar-refractivity contribution in [3.8, 4) is 0 Å². The van der Waals surface area contributed by atoms with Crippen molar-refractivity contribution in [3.63, 3.8) is 0 Å². The normalized spacial score (nSPS) is 10.3. The molecule has 17 heavy (non-hydrogen) atoms. The first-order valence-electron chi connectivity index (χ1n) is 5.38. The van der Waals surface area contributed by atoms with Crippen molar-refractivity contribution in [2.24, 2.45) is 0 Å². The second kappa shape index (κ2) is 7.29. The number of benzene rings is 1. The first-order valence-corrected chi connectivity index (χ1v) is 6.53. The highest BCUT2D eigenvalue weighted by Gasteiger charge is 2.04. The van der Waals surface area contributed by atoms with Gasteiger partial charge in [-0.25, -0.2) is 4.39 Å². The Kier molecular flexibility index (Phi) is 6.00. The standard InChI is InChI=1S/C12H16FNO2S/c1-9-3-4-10(7-11(9)13)14-12(16)8-17-6-2-5-15/h3-4,7,15H,2,5-6,8H2,1H3,(H,14,16). The molecule has 0 aliphatic rings. The Morgan fingerprint density at radius 3 is 2.94 bits per heavy atom. The van der Waals surface area contributed by atoms with Crippen molar-refractivity contribution in [1.29, 1.82) is 0 Å². The second-order valence-corrected chi connectivity index (χ2v) is 4.75. The number of rotatable bonds is 6. The van der Waals surface area contributed by atoms with E-state index in [1.54, 1.807) is 19.1 Å². The third kappa shape index (κ3) is 5.19. The van der Waals surface area contributed by atoms with Crippen molar-refractivity contribution in [2.45, 2.75) is 13.3 Å². The number of halogens is 1. The minimum Gasteiger partial charge on any atom is -0.396 e. The first kappa shape index (κ1) is 14.0. The van der Waals surface area contributed by atoms with Gasteiger partial charge in [0.2, 0.25) is 5.91 Å². The Hall–Kier alpha value is -1.07. The van der Waals surface area contributed by atoms with Crippen molar-refractivity contribution in [2.75, 3.05) is 23.4 Å². The van der Waals surface area contributed by atoms with Gasteiger partial charge in [-0.15, -0.1) is 0 Å². The van der Waals surface area contributed by atoms with Gasteiger partial charge >= 0.3 is 0 Å². The highest BCUT2D eigenvalue weighted by atomic mass is 32.2. The fourth-order valence-corrected chi connectivity index (χ4v) is 1.93. The molecule has 0 unspecified atom stereocenters. The van der Waals surface area contributed by atoms with E-state index in [0.29, 0.717) is 23.4 Å². The zero-order chi connectivity index (χ0) is 12.7. The van der Waals surface area contributed by atoms with Crippen LogP contribution in [0.2, 0.25) is 0 Å². The highest BCUT2D eigenvalue weighted by molar-refractivity contribution is 7.99. The van der Waals surface area contributed by atoms with Crippen LogP contribution in [0.4, 0.5) is 10.1 Å². The topological polar surface area (TPSA) is 49.3 Å². The summed E-state index contributed by atoms with van der Waals surface area (Å²) in [6, 6.07) is 4.62. The van der Waals surface area contributed by atoms with Gasteiger partial charge in [-0.05, 0) is 36.8 Å². The van der Waals surface area contributed by atoms with Crippen molar-refractivity contribution in [1.82, 2.24) is 0 Å². The molecule has 0 saturated carbocycles. The Morgan fingerprint density at radius 2 is 2.29 bits per heavy atom. The third-order valence-corrected chi connectivity index (χ3v) is 3.18. The molecule has 0 saturated heterocycles. The molecule has 0 aromatic heterocycles. The van der Waals surface area contributed by atoms with E-state index in [9.17, 15) is 9.18 Å². The average molecular weight is 257 g/mol. The van der Waals surface area contributed by atoms with Gasteiger partial charge in [-0.2, -0.15) is 11.8 Å². The molecule has 5 heteroatoms. The number of thioether (sulfide) groups is 1. The lowest BCUT2D eigenvalue weighted by Crippen LogP contribution is -2.14. The molecule has 94 valence electrons. The largest absolute Gasteiger partial charge is 0.396 e. The van der Waals surface area contributed by atoms with E-state index in [4.69, 9.17) is 5.11 Å². The molecule has 0 fully saturated rings. The van der Waals surface area contributed by atoms with Crippen LogP contribution in [0.25, 0.3) is 0 Å². The van der Waals surface area contributed by atoms with Crippen LogP contribution in [0, 0.1) is 12.7 Å². The number of carbonyl (C=O) groups is 1. The number of carbonyl (C=O) groups excluding carboxylic acids is 1. The molecule has 2 N–H and O–H groups in total. The van der Waals surface area contributed by atoms with Crippen molar-refractivity contribution < 1.29 is 14.3 Å². The number of anilines is 1. The fraction of sp³-hybridized carbons (Fsp3) is 0.417. The van der Waals surface area contributed by atoms with Crippen molar-refractivity contribution in [3.05, 3.63) is 29.6 Å². The summed E-state index contributed by atoms with van der Waals surface area (Å²) in [5.41, 5.74) is 1.03. The summed E-state index contributed by atoms with van der Waals surface area (Å²) in [7, 11) is 0. The number of aliphatic hydroxyl groups excluding tert-OH is 1. The summed E-state index contributed by atoms with van der Waals surface area (Å²) in [4.78, 5) is 11.5. The molecular formula is C12H16FNO2S. The molecule has 1 aromatic carbocycles. The number of hydrogen-bond donors (Lipinski definition) is 2. The summed E-state index contributed by atoms with van der Waals surface area (Å²) in [5, 5.41) is 11.2. The predicted molar refractivity (Wildman–Crippen MR) is 68.8 cm³/mol. The van der Waals surface area contributed by atoms with Gasteiger partial charge in [0.1, 0.15) is 5.82 Å². The lowest BCUT2D eigenvalue weighted by atomic mass is 10.2. The van der Waals surface area contributed by atoms with E-state index < -0.39 is 0 Å². The van der Waals surface area contributed by atoms with Crippen LogP contribution in [0.5, 0.6) is 0 Å². The Labute approximate surface area is 104 Å². The van der Waals surface area contributed by atoms with E-state index in [1.807, 2.05) is 0 Å². The average Bonchev–Trinajstić information content (AvgIpc) is 2.30. The summed E-state index contributed by atoms with van der Waals surface area (Å²) < 4.78 is 13.2. The predicted octanol–water partition coefficient (Wildman–Crippen LogP) is 2.19. The van der Waals surface area contributed by atoms with Gasteiger partial charge < -0.3 is 10.4 Å². The zero-order valence-corrected chi connectivity index (χ0v) is 10.5. The molecular weight excluding hydrogens is 241 g/mol. The number of aryl methyl sites for hydroxylation is 1. The van der Waals surface area contributed by atoms with Gasteiger partial charge in [0.25, 0.3) is 0 Å². The highest BCUT2D eigenvalue weighted by Crippen LogP contribution is 2.14. The number of nitrogens with one attached hydrogen (secondary N) is 1. The van der Waals surface area contributed by atoms with Gasteiger partial charge in [0.15, 0.2) is 0 Å². The molecule has 1 amide bonds. The maximum absolute atomic E-state index is 13.2. The van der Waals surface area contributed by atoms with Crippen LogP contribution in [0.3, 0.4) is 0 Å². The van der Waals surface area contributed by atoms with E-state index >= 15 is 0 Å². The first-order chi connectivity index (χ1) is 8.13. The molecule has 0 bridgehead atoms. The molecule has 3 nitrogen and oxygen atoms in total. The van der Waals surface area contributed by atoms with Crippen LogP contribution in [0.1, 0.15) is 12.0 Å². The van der Waals surface area contributed by atoms with Gasteiger partial charge in [-0.3, -0.25) is 4.79 Å². The van der Waals surface area contributed by atoms with Crippen molar-refractivity contribution >= 4 is 23.4 Å². The van der Waals surface area contributed by atoms with Crippen LogP contribution < -0.4 is 5.32 Å². The lowest BCUT2D eigenvalue weighted by Gasteiger charge is -2.06. The maximum Gasteiger partial charge on any atom is 0.234 e. The zero-order valence-electron chi connectivity index (χ0n) is 9.70. The Bertz CT molecular complexity index is 385. The quantitative estimate of drug-likeness (QED) is 0.768. The van der Waals surface area contributed by atoms with Gasteiger partial charge in [0, 0.05) is 12.3 Å². The summed E-state index contributed by atoms with van der Waals surface area (Å²) >= 11 is 1.45. The maximum atomic E-state index is 13.2. The monoisotopic (exact) mass is 257 g/mol. The summed E-state index contributed by atoms with van der Waals surface area (Å²) in [6.45, 7) is 1.81. The van der Waals surface area contributed by atoms with Crippen LogP contribution in [-0.2, 0) is 4.79 Å². The Balaban J connectivity index is 2.37. The smallest absolute Gasteiger partial charge is 0.234 e. The minimum atomic E-state index is -0.323. The summed E-state index contributed by atoms with van der Waals surface area (Å²) in [5.74, 6) is 0.578. The molecule has 0 atom stereocenters. The summed E-state index contributed by atoms with van der Waals surface area (Å²) in [6.07, 6.45) is 0.678. The SMILES string of the molecule is Cc1ccc(NC(=O)CSCCCO)cc1F. The molecule has 0 radical (unpaired) electrons. The fourth-order valence-electron chi connectivity index (χ4n) is 1.20. The molecule has 1 rings (SSSR count). The number of hydrogen-bond acceptors (Lipinski definition) is 3. The van der Waals surface area contributed by atoms with E-state index in [0.717, 1.165) is 5.75 Å². The van der Waals surface area contributed by atoms with E-state index in [2.05, 4.69) is 5.32 Å². The number of amides is 1. The van der Waals surface area contributed by atoms with Gasteiger partial charge in [-0.1, -0.05) is 6.07 Å². The second-order valence-electron chi connectivity index (χ2n) is 3.64. The van der Waals surface area contributed by atoms with E-state index in [-0.39, 0.29) is 18.3 Å². The molecule has 0 heterocycles. The number of aliphatic hydroxyl groups is 1. The van der Waals surface area contributed by atoms with Gasteiger partial charge in [0.05, 0.1) is 5.75 Å². The third-order valence-electron chi connectivity index (χ3n) is 2.14. The Morgan fingerprint density at radius 1 is 1.53 bits per heavy atom. The van der Waals surface area contributed by atoms with E-state index in [1.165, 1.54) is 17.8 Å². The van der Waals surface area contributed by atoms with Crippen LogP contribution in [0.15, 0.2) is 18.2 Å². The lowest BCUT2D eigenvalue weighted by molar-refractivity contribution is -0.113.